The first-order valence-electron chi connectivity index (χ1n) is 6.81. The van der Waals surface area contributed by atoms with Crippen molar-refractivity contribution >= 4 is 17.5 Å². The molecule has 0 radical (unpaired) electrons. The van der Waals surface area contributed by atoms with Gasteiger partial charge in [0.15, 0.2) is 0 Å². The predicted molar refractivity (Wildman–Crippen MR) is 84.1 cm³/mol. The highest BCUT2D eigenvalue weighted by molar-refractivity contribution is 5.88. The number of hydrogen-bond acceptors (Lipinski definition) is 4. The van der Waals surface area contributed by atoms with Crippen LogP contribution in [0.15, 0.2) is 60.9 Å². The summed E-state index contributed by atoms with van der Waals surface area (Å²) in [5, 5.41) is 11.8. The molecule has 0 amide bonds. The van der Waals surface area contributed by atoms with Crippen molar-refractivity contribution in [3.05, 3.63) is 72.3 Å². The fourth-order valence-corrected chi connectivity index (χ4v) is 2.07. The van der Waals surface area contributed by atoms with Gasteiger partial charge in [0.25, 0.3) is 0 Å². The molecule has 0 aliphatic carbocycles. The summed E-state index contributed by atoms with van der Waals surface area (Å²) in [6.07, 6.45) is 1.36. The van der Waals surface area contributed by atoms with Crippen molar-refractivity contribution in [2.75, 3.05) is 5.32 Å². The number of benzene rings is 2. The molecule has 3 rings (SSSR count). The lowest BCUT2D eigenvalue weighted by Crippen LogP contribution is -1.98. The van der Waals surface area contributed by atoms with E-state index >= 15 is 0 Å². The molecule has 0 saturated heterocycles. The van der Waals surface area contributed by atoms with Crippen LogP contribution in [0.4, 0.5) is 15.9 Å². The van der Waals surface area contributed by atoms with E-state index in [-0.39, 0.29) is 11.4 Å². The summed E-state index contributed by atoms with van der Waals surface area (Å²) in [5.41, 5.74) is 1.87. The molecule has 0 aliphatic rings. The third-order valence-electron chi connectivity index (χ3n) is 3.23. The summed E-state index contributed by atoms with van der Waals surface area (Å²) < 4.78 is 13.7. The summed E-state index contributed by atoms with van der Waals surface area (Å²) in [4.78, 5) is 19.1. The zero-order valence-electron chi connectivity index (χ0n) is 11.9. The van der Waals surface area contributed by atoms with Crippen molar-refractivity contribution in [2.45, 2.75) is 0 Å². The number of hydrogen-bond donors (Lipinski definition) is 2. The Morgan fingerprint density at radius 1 is 1.04 bits per heavy atom. The molecule has 0 aliphatic heterocycles. The SMILES string of the molecule is O=C(O)c1ccc(-c2cc(Nc3ccccc3F)ncn2)cc1. The molecule has 3 aromatic rings. The van der Waals surface area contributed by atoms with E-state index in [2.05, 4.69) is 15.3 Å². The first-order valence-corrected chi connectivity index (χ1v) is 6.81. The second-order valence-corrected chi connectivity index (χ2v) is 4.78. The largest absolute Gasteiger partial charge is 0.478 e. The number of para-hydroxylation sites is 1. The molecule has 0 fully saturated rings. The van der Waals surface area contributed by atoms with Crippen molar-refractivity contribution < 1.29 is 14.3 Å². The maximum Gasteiger partial charge on any atom is 0.335 e. The molecule has 0 bridgehead atoms. The van der Waals surface area contributed by atoms with Gasteiger partial charge in [-0.25, -0.2) is 19.2 Å². The van der Waals surface area contributed by atoms with E-state index < -0.39 is 5.97 Å². The Balaban J connectivity index is 1.88. The summed E-state index contributed by atoms with van der Waals surface area (Å²) in [7, 11) is 0. The minimum atomic E-state index is -0.985. The molecule has 1 heterocycles. The van der Waals surface area contributed by atoms with Gasteiger partial charge in [0, 0.05) is 11.6 Å². The monoisotopic (exact) mass is 309 g/mol. The fourth-order valence-electron chi connectivity index (χ4n) is 2.07. The molecular weight excluding hydrogens is 297 g/mol. The van der Waals surface area contributed by atoms with E-state index in [1.807, 2.05) is 0 Å². The number of carboxylic acid groups (broad SMARTS) is 1. The average Bonchev–Trinajstić information content (AvgIpc) is 2.57. The minimum absolute atomic E-state index is 0.201. The van der Waals surface area contributed by atoms with E-state index in [0.717, 1.165) is 5.56 Å². The van der Waals surface area contributed by atoms with Crippen LogP contribution >= 0.6 is 0 Å². The van der Waals surface area contributed by atoms with E-state index in [9.17, 15) is 9.18 Å². The third kappa shape index (κ3) is 3.32. The van der Waals surface area contributed by atoms with Crippen LogP contribution in [0.1, 0.15) is 10.4 Å². The number of halogens is 1. The van der Waals surface area contributed by atoms with E-state index in [4.69, 9.17) is 5.11 Å². The summed E-state index contributed by atoms with van der Waals surface area (Å²) >= 11 is 0. The number of nitrogens with zero attached hydrogens (tertiary/aromatic N) is 2. The Hall–Kier alpha value is -3.28. The van der Waals surface area contributed by atoms with E-state index in [0.29, 0.717) is 17.2 Å². The highest BCUT2D eigenvalue weighted by Crippen LogP contribution is 2.22. The topological polar surface area (TPSA) is 75.1 Å². The predicted octanol–water partition coefficient (Wildman–Crippen LogP) is 3.72. The molecule has 5 nitrogen and oxygen atoms in total. The summed E-state index contributed by atoms with van der Waals surface area (Å²) in [6.45, 7) is 0. The van der Waals surface area contributed by atoms with Crippen molar-refractivity contribution in [1.82, 2.24) is 9.97 Å². The summed E-state index contributed by atoms with van der Waals surface area (Å²) in [5.74, 6) is -0.915. The highest BCUT2D eigenvalue weighted by Gasteiger charge is 2.07. The quantitative estimate of drug-likeness (QED) is 0.768. The molecule has 1 aromatic heterocycles. The van der Waals surface area contributed by atoms with Gasteiger partial charge in [-0.15, -0.1) is 0 Å². The molecule has 2 N–H and O–H groups in total. The molecule has 2 aromatic carbocycles. The second kappa shape index (κ2) is 6.23. The summed E-state index contributed by atoms with van der Waals surface area (Å²) in [6, 6.07) is 14.3. The fraction of sp³-hybridized carbons (Fsp3) is 0. The van der Waals surface area contributed by atoms with Gasteiger partial charge in [0.2, 0.25) is 0 Å². The van der Waals surface area contributed by atoms with Gasteiger partial charge >= 0.3 is 5.97 Å². The van der Waals surface area contributed by atoms with Crippen LogP contribution in [0.3, 0.4) is 0 Å². The smallest absolute Gasteiger partial charge is 0.335 e. The molecular formula is C17H12FN3O2. The number of rotatable bonds is 4. The van der Waals surface area contributed by atoms with Crippen LogP contribution in [0.2, 0.25) is 0 Å². The number of anilines is 2. The molecule has 6 heteroatoms. The highest BCUT2D eigenvalue weighted by atomic mass is 19.1. The van der Waals surface area contributed by atoms with Crippen molar-refractivity contribution in [1.29, 1.82) is 0 Å². The van der Waals surface area contributed by atoms with Gasteiger partial charge in [0.1, 0.15) is 18.0 Å². The molecule has 0 saturated carbocycles. The lowest BCUT2D eigenvalue weighted by atomic mass is 10.1. The molecule has 23 heavy (non-hydrogen) atoms. The second-order valence-electron chi connectivity index (χ2n) is 4.78. The van der Waals surface area contributed by atoms with Crippen LogP contribution in [0, 0.1) is 5.82 Å². The Morgan fingerprint density at radius 2 is 1.78 bits per heavy atom. The maximum atomic E-state index is 13.7. The van der Waals surface area contributed by atoms with E-state index in [1.54, 1.807) is 36.4 Å². The Kier molecular flexibility index (Phi) is 3.97. The van der Waals surface area contributed by atoms with Gasteiger partial charge < -0.3 is 10.4 Å². The van der Waals surface area contributed by atoms with Crippen LogP contribution in [0.5, 0.6) is 0 Å². The number of nitrogens with one attached hydrogen (secondary N) is 1. The first-order chi connectivity index (χ1) is 11.1. The zero-order valence-corrected chi connectivity index (χ0v) is 11.9. The first kappa shape index (κ1) is 14.6. The van der Waals surface area contributed by atoms with Crippen LogP contribution in [-0.4, -0.2) is 21.0 Å². The van der Waals surface area contributed by atoms with Gasteiger partial charge in [-0.05, 0) is 24.3 Å². The van der Waals surface area contributed by atoms with Crippen LogP contribution in [0.25, 0.3) is 11.3 Å². The molecule has 0 atom stereocenters. The maximum absolute atomic E-state index is 13.7. The average molecular weight is 309 g/mol. The standard InChI is InChI=1S/C17H12FN3O2/c18-13-3-1-2-4-14(13)21-16-9-15(19-10-20-16)11-5-7-12(8-6-11)17(22)23/h1-10H,(H,22,23)(H,19,20,21). The van der Waals surface area contributed by atoms with Crippen molar-refractivity contribution in [3.63, 3.8) is 0 Å². The molecule has 0 unspecified atom stereocenters. The Labute approximate surface area is 131 Å². The third-order valence-corrected chi connectivity index (χ3v) is 3.23. The molecule has 0 spiro atoms. The number of aromatic nitrogens is 2. The Morgan fingerprint density at radius 3 is 2.48 bits per heavy atom. The lowest BCUT2D eigenvalue weighted by molar-refractivity contribution is 0.0697. The van der Waals surface area contributed by atoms with Gasteiger partial charge in [0.05, 0.1) is 16.9 Å². The Bertz CT molecular complexity index is 850. The normalized spacial score (nSPS) is 10.3. The molecule has 114 valence electrons. The van der Waals surface area contributed by atoms with Gasteiger partial charge in [-0.2, -0.15) is 0 Å². The zero-order chi connectivity index (χ0) is 16.2. The van der Waals surface area contributed by atoms with Crippen LogP contribution in [-0.2, 0) is 0 Å². The van der Waals surface area contributed by atoms with Gasteiger partial charge in [-0.1, -0.05) is 24.3 Å². The van der Waals surface area contributed by atoms with Crippen molar-refractivity contribution in [3.8, 4) is 11.3 Å². The van der Waals surface area contributed by atoms with Crippen molar-refractivity contribution in [2.24, 2.45) is 0 Å². The van der Waals surface area contributed by atoms with Gasteiger partial charge in [-0.3, -0.25) is 0 Å². The number of carboxylic acids is 1. The lowest BCUT2D eigenvalue weighted by Gasteiger charge is -2.08. The number of aromatic carboxylic acids is 1. The van der Waals surface area contributed by atoms with E-state index in [1.165, 1.54) is 24.5 Å². The minimum Gasteiger partial charge on any atom is -0.478 e. The van der Waals surface area contributed by atoms with Crippen LogP contribution < -0.4 is 5.32 Å². The number of carbonyl (C=O) groups is 1.